The zero-order chi connectivity index (χ0) is 15.6. The van der Waals surface area contributed by atoms with E-state index in [2.05, 4.69) is 4.90 Å². The Morgan fingerprint density at radius 3 is 2.38 bits per heavy atom. The van der Waals surface area contributed by atoms with Crippen LogP contribution in [0.3, 0.4) is 0 Å². The van der Waals surface area contributed by atoms with E-state index in [9.17, 15) is 18.0 Å². The van der Waals surface area contributed by atoms with Gasteiger partial charge in [0, 0.05) is 38.8 Å². The molecule has 4 nitrogen and oxygen atoms in total. The zero-order valence-corrected chi connectivity index (χ0v) is 11.8. The molecular weight excluding hydrogens is 283 g/mol. The number of nitrogens with two attached hydrogens (primary N) is 1. The van der Waals surface area contributed by atoms with Crippen LogP contribution in [-0.4, -0.2) is 54.5 Å². The highest BCUT2D eigenvalue weighted by Crippen LogP contribution is 2.18. The van der Waals surface area contributed by atoms with Gasteiger partial charge in [0.2, 0.25) is 0 Å². The molecule has 1 aliphatic heterocycles. The lowest BCUT2D eigenvalue weighted by molar-refractivity contribution is 0.0583. The van der Waals surface area contributed by atoms with E-state index in [4.69, 9.17) is 5.73 Å². The number of hydrogen-bond acceptors (Lipinski definition) is 3. The fourth-order valence-electron chi connectivity index (χ4n) is 2.38. The van der Waals surface area contributed by atoms with Crippen LogP contribution in [-0.2, 0) is 0 Å². The molecule has 1 atom stereocenters. The van der Waals surface area contributed by atoms with Crippen LogP contribution >= 0.6 is 0 Å². The summed E-state index contributed by atoms with van der Waals surface area (Å²) in [7, 11) is 0. The summed E-state index contributed by atoms with van der Waals surface area (Å²) in [5, 5.41) is 0. The van der Waals surface area contributed by atoms with E-state index in [-0.39, 0.29) is 6.04 Å². The minimum absolute atomic E-state index is 0.210. The Labute approximate surface area is 121 Å². The summed E-state index contributed by atoms with van der Waals surface area (Å²) in [6, 6.07) is 1.95. The number of benzene rings is 1. The van der Waals surface area contributed by atoms with Crippen molar-refractivity contribution < 1.29 is 18.0 Å². The van der Waals surface area contributed by atoms with E-state index in [0.717, 1.165) is 12.1 Å². The maximum atomic E-state index is 13.6. The fourth-order valence-corrected chi connectivity index (χ4v) is 2.38. The maximum absolute atomic E-state index is 13.6. The van der Waals surface area contributed by atoms with Gasteiger partial charge in [0.15, 0.2) is 17.5 Å². The second kappa shape index (κ2) is 6.44. The summed E-state index contributed by atoms with van der Waals surface area (Å²) < 4.78 is 39.7. The molecule has 1 amide bonds. The Morgan fingerprint density at radius 2 is 1.81 bits per heavy atom. The van der Waals surface area contributed by atoms with Gasteiger partial charge in [-0.3, -0.25) is 9.69 Å². The lowest BCUT2D eigenvalue weighted by atomic mass is 10.1. The van der Waals surface area contributed by atoms with Crippen LogP contribution < -0.4 is 5.73 Å². The number of piperazine rings is 1. The van der Waals surface area contributed by atoms with Gasteiger partial charge in [-0.15, -0.1) is 0 Å². The largest absolute Gasteiger partial charge is 0.336 e. The summed E-state index contributed by atoms with van der Waals surface area (Å²) in [6.07, 6.45) is 0. The molecule has 1 aromatic rings. The number of hydrogen-bond donors (Lipinski definition) is 1. The van der Waals surface area contributed by atoms with E-state index in [1.165, 1.54) is 4.90 Å². The Balaban J connectivity index is 2.07. The van der Waals surface area contributed by atoms with E-state index in [1.54, 1.807) is 0 Å². The van der Waals surface area contributed by atoms with Crippen LogP contribution in [0, 0.1) is 17.5 Å². The Kier molecular flexibility index (Phi) is 4.84. The van der Waals surface area contributed by atoms with E-state index < -0.39 is 28.9 Å². The van der Waals surface area contributed by atoms with Gasteiger partial charge in [-0.2, -0.15) is 0 Å². The Bertz CT molecular complexity index is 530. The second-order valence-corrected chi connectivity index (χ2v) is 5.14. The molecule has 2 rings (SSSR count). The summed E-state index contributed by atoms with van der Waals surface area (Å²) >= 11 is 0. The predicted molar refractivity (Wildman–Crippen MR) is 72.3 cm³/mol. The van der Waals surface area contributed by atoms with Gasteiger partial charge in [-0.1, -0.05) is 0 Å². The molecule has 0 saturated carbocycles. The Morgan fingerprint density at radius 1 is 1.19 bits per heavy atom. The molecule has 1 saturated heterocycles. The number of carbonyl (C=O) groups is 1. The van der Waals surface area contributed by atoms with Crippen molar-refractivity contribution in [1.29, 1.82) is 0 Å². The molecule has 2 N–H and O–H groups in total. The number of amides is 1. The van der Waals surface area contributed by atoms with Crippen molar-refractivity contribution in [2.75, 3.05) is 32.7 Å². The monoisotopic (exact) mass is 301 g/mol. The molecule has 1 unspecified atom stereocenters. The first-order chi connectivity index (χ1) is 9.95. The lowest BCUT2D eigenvalue weighted by Gasteiger charge is -2.37. The molecule has 1 aliphatic rings. The first-order valence-electron chi connectivity index (χ1n) is 6.82. The molecule has 0 radical (unpaired) electrons. The SMILES string of the molecule is CC(CN)N1CCN(C(=O)c2ccc(F)c(F)c2F)CC1. The van der Waals surface area contributed by atoms with Crippen molar-refractivity contribution in [2.45, 2.75) is 13.0 Å². The van der Waals surface area contributed by atoms with Crippen LogP contribution in [0.25, 0.3) is 0 Å². The normalized spacial score (nSPS) is 17.9. The van der Waals surface area contributed by atoms with Gasteiger partial charge in [-0.25, -0.2) is 13.2 Å². The van der Waals surface area contributed by atoms with E-state index in [0.29, 0.717) is 32.7 Å². The van der Waals surface area contributed by atoms with Crippen molar-refractivity contribution in [3.8, 4) is 0 Å². The van der Waals surface area contributed by atoms with Crippen LogP contribution in [0.15, 0.2) is 12.1 Å². The quantitative estimate of drug-likeness (QED) is 0.854. The molecule has 116 valence electrons. The molecule has 0 spiro atoms. The molecular formula is C14H18F3N3O. The molecule has 7 heteroatoms. The molecule has 0 aliphatic carbocycles. The van der Waals surface area contributed by atoms with Crippen LogP contribution in [0.5, 0.6) is 0 Å². The summed E-state index contributed by atoms with van der Waals surface area (Å²) in [5.41, 5.74) is 5.15. The average molecular weight is 301 g/mol. The number of rotatable bonds is 3. The minimum Gasteiger partial charge on any atom is -0.336 e. The maximum Gasteiger partial charge on any atom is 0.257 e. The van der Waals surface area contributed by atoms with Crippen molar-refractivity contribution in [1.82, 2.24) is 9.80 Å². The highest BCUT2D eigenvalue weighted by Gasteiger charge is 2.27. The number of carbonyl (C=O) groups excluding carboxylic acids is 1. The molecule has 21 heavy (non-hydrogen) atoms. The third-order valence-electron chi connectivity index (χ3n) is 3.83. The van der Waals surface area contributed by atoms with Gasteiger partial charge in [-0.05, 0) is 19.1 Å². The Hall–Kier alpha value is -1.60. The average Bonchev–Trinajstić information content (AvgIpc) is 2.51. The third kappa shape index (κ3) is 3.19. The first-order valence-corrected chi connectivity index (χ1v) is 6.82. The van der Waals surface area contributed by atoms with E-state index in [1.807, 2.05) is 6.92 Å². The van der Waals surface area contributed by atoms with Crippen molar-refractivity contribution in [3.05, 3.63) is 35.1 Å². The van der Waals surface area contributed by atoms with Crippen molar-refractivity contribution >= 4 is 5.91 Å². The first kappa shape index (κ1) is 15.8. The van der Waals surface area contributed by atoms with Gasteiger partial charge in [0.1, 0.15) is 0 Å². The van der Waals surface area contributed by atoms with Crippen LogP contribution in [0.2, 0.25) is 0 Å². The van der Waals surface area contributed by atoms with Gasteiger partial charge in [0.05, 0.1) is 5.56 Å². The highest BCUT2D eigenvalue weighted by molar-refractivity contribution is 5.94. The van der Waals surface area contributed by atoms with E-state index >= 15 is 0 Å². The molecule has 1 fully saturated rings. The van der Waals surface area contributed by atoms with Gasteiger partial charge < -0.3 is 10.6 Å². The van der Waals surface area contributed by atoms with Gasteiger partial charge >= 0.3 is 0 Å². The topological polar surface area (TPSA) is 49.6 Å². The molecule has 1 heterocycles. The molecule has 1 aromatic carbocycles. The number of nitrogens with zero attached hydrogens (tertiary/aromatic N) is 2. The zero-order valence-electron chi connectivity index (χ0n) is 11.8. The standard InChI is InChI=1S/C14H18F3N3O/c1-9(8-18)19-4-6-20(7-5-19)14(21)10-2-3-11(15)13(17)12(10)16/h2-3,9H,4-8,18H2,1H3. The van der Waals surface area contributed by atoms with Gasteiger partial charge in [0.25, 0.3) is 5.91 Å². The van der Waals surface area contributed by atoms with Crippen LogP contribution in [0.1, 0.15) is 17.3 Å². The number of halogens is 3. The van der Waals surface area contributed by atoms with Crippen LogP contribution in [0.4, 0.5) is 13.2 Å². The minimum atomic E-state index is -1.61. The lowest BCUT2D eigenvalue weighted by Crippen LogP contribution is -2.52. The van der Waals surface area contributed by atoms with Crippen molar-refractivity contribution in [3.63, 3.8) is 0 Å². The second-order valence-electron chi connectivity index (χ2n) is 5.14. The summed E-state index contributed by atoms with van der Waals surface area (Å²) in [4.78, 5) is 15.8. The third-order valence-corrected chi connectivity index (χ3v) is 3.83. The molecule has 0 bridgehead atoms. The summed E-state index contributed by atoms with van der Waals surface area (Å²) in [5.74, 6) is -4.97. The van der Waals surface area contributed by atoms with Crippen molar-refractivity contribution in [2.24, 2.45) is 5.73 Å². The summed E-state index contributed by atoms with van der Waals surface area (Å²) in [6.45, 7) is 4.56. The fraction of sp³-hybridized carbons (Fsp3) is 0.500. The molecule has 0 aromatic heterocycles. The smallest absolute Gasteiger partial charge is 0.257 e. The predicted octanol–water partition coefficient (Wildman–Crippen LogP) is 1.21. The highest BCUT2D eigenvalue weighted by atomic mass is 19.2.